The van der Waals surface area contributed by atoms with Crippen molar-refractivity contribution in [2.75, 3.05) is 19.8 Å². The third-order valence-corrected chi connectivity index (χ3v) is 19.2. The van der Waals surface area contributed by atoms with Crippen LogP contribution in [0.15, 0.2) is 11.6 Å². The smallest absolute Gasteiger partial charge is 0.310 e. The molecule has 11 N–H and O–H groups in total. The first-order valence-electron chi connectivity index (χ1n) is 23.8. The molecule has 4 saturated carbocycles. The third kappa shape index (κ3) is 7.62. The molecule has 5 aliphatic carbocycles. The van der Waals surface area contributed by atoms with Crippen LogP contribution >= 0.6 is 0 Å². The van der Waals surface area contributed by atoms with Gasteiger partial charge in [0.2, 0.25) is 0 Å². The highest BCUT2D eigenvalue weighted by Crippen LogP contribution is 2.76. The van der Waals surface area contributed by atoms with Crippen molar-refractivity contribution in [2.45, 2.75) is 204 Å². The van der Waals surface area contributed by atoms with Gasteiger partial charge in [-0.25, -0.2) is 0 Å². The van der Waals surface area contributed by atoms with E-state index in [1.165, 1.54) is 0 Å². The maximum absolute atomic E-state index is 13.2. The van der Waals surface area contributed by atoms with Crippen LogP contribution in [0.25, 0.3) is 0 Å². The number of allylic oxidation sites excluding steroid dienone is 1. The summed E-state index contributed by atoms with van der Waals surface area (Å²) in [6.45, 7) is 13.6. The van der Waals surface area contributed by atoms with Gasteiger partial charge in [0, 0.05) is 5.92 Å². The molecule has 8 rings (SSSR count). The monoisotopic (exact) mass is 929 g/mol. The molecule has 18 heteroatoms. The molecule has 0 bridgehead atoms. The van der Waals surface area contributed by atoms with E-state index in [2.05, 4.69) is 40.7 Å². The lowest BCUT2D eigenvalue weighted by atomic mass is 9.33. The van der Waals surface area contributed by atoms with Crippen LogP contribution in [0.1, 0.15) is 106 Å². The van der Waals surface area contributed by atoms with Crippen LogP contribution < -0.4 is 0 Å². The second-order valence-corrected chi connectivity index (χ2v) is 23.0. The maximum atomic E-state index is 13.2. The summed E-state index contributed by atoms with van der Waals surface area (Å²) in [4.78, 5) is 13.2. The molecular formula is C47H76O18. The molecule has 23 atom stereocenters. The van der Waals surface area contributed by atoms with Crippen LogP contribution in [0.5, 0.6) is 0 Å². The van der Waals surface area contributed by atoms with E-state index in [9.17, 15) is 61.0 Å². The van der Waals surface area contributed by atoms with Gasteiger partial charge < -0.3 is 84.6 Å². The van der Waals surface area contributed by atoms with E-state index in [0.29, 0.717) is 25.7 Å². The Bertz CT molecular complexity index is 1780. The molecule has 0 aromatic rings. The molecule has 0 amide bonds. The molecule has 0 aromatic carbocycles. The summed E-state index contributed by atoms with van der Waals surface area (Å²) < 4.78 is 36.9. The molecule has 65 heavy (non-hydrogen) atoms. The minimum atomic E-state index is -1.88. The molecular weight excluding hydrogens is 852 g/mol. The Labute approximate surface area is 380 Å². The van der Waals surface area contributed by atoms with Crippen molar-refractivity contribution in [3.05, 3.63) is 11.6 Å². The van der Waals surface area contributed by atoms with Crippen molar-refractivity contribution in [1.82, 2.24) is 0 Å². The van der Waals surface area contributed by atoms with Crippen LogP contribution in [-0.2, 0) is 33.2 Å². The van der Waals surface area contributed by atoms with Gasteiger partial charge in [0.15, 0.2) is 18.9 Å². The molecule has 3 saturated heterocycles. The van der Waals surface area contributed by atoms with Gasteiger partial charge in [0.05, 0.1) is 37.4 Å². The van der Waals surface area contributed by atoms with E-state index < -0.39 is 146 Å². The highest BCUT2D eigenvalue weighted by Gasteiger charge is 2.71. The number of aliphatic carboxylic acids is 1. The van der Waals surface area contributed by atoms with Crippen LogP contribution in [0.4, 0.5) is 0 Å². The van der Waals surface area contributed by atoms with Crippen LogP contribution in [0.2, 0.25) is 0 Å². The van der Waals surface area contributed by atoms with Gasteiger partial charge in [-0.15, -0.1) is 0 Å². The molecule has 7 fully saturated rings. The summed E-state index contributed by atoms with van der Waals surface area (Å²) in [6.07, 6.45) is -15.6. The van der Waals surface area contributed by atoms with Gasteiger partial charge in [-0.05, 0) is 96.7 Å². The maximum Gasteiger partial charge on any atom is 0.310 e. The molecule has 3 heterocycles. The van der Waals surface area contributed by atoms with Crippen LogP contribution in [0.3, 0.4) is 0 Å². The average Bonchev–Trinajstić information content (AvgIpc) is 3.25. The van der Waals surface area contributed by atoms with Gasteiger partial charge in [-0.3, -0.25) is 4.79 Å². The van der Waals surface area contributed by atoms with Crippen molar-refractivity contribution in [3.63, 3.8) is 0 Å². The van der Waals surface area contributed by atoms with Gasteiger partial charge in [-0.1, -0.05) is 60.1 Å². The van der Waals surface area contributed by atoms with Gasteiger partial charge in [0.1, 0.15) is 67.1 Å². The number of rotatable bonds is 9. The predicted molar refractivity (Wildman–Crippen MR) is 226 cm³/mol. The predicted octanol–water partition coefficient (Wildman–Crippen LogP) is 0.316. The SMILES string of the molecule is CC1(C)CC[C@]2(C(=O)O)CC[C@]3(C)C(=CC[C@@H]4[C@@]5(C)CC[C@H](O[C@@H]6O[C@H](CO)[C@@H](O)[C@H](O[C@@H]7O[C@H](CO)[C@@H](O)[C@H](O)[C@H]7O)[C@H]6O[C@@H]6OC[C@@H](O)[C@H](O)[C@H]6O)C(C)(C)[C@@H]5CC[C@]43C)[C@@H]2[C@@H]1O. The first kappa shape index (κ1) is 50.0. The van der Waals surface area contributed by atoms with Crippen molar-refractivity contribution in [3.8, 4) is 0 Å². The van der Waals surface area contributed by atoms with E-state index >= 15 is 0 Å². The van der Waals surface area contributed by atoms with Crippen molar-refractivity contribution < 1.29 is 89.4 Å². The number of ether oxygens (including phenoxy) is 6. The normalized spacial score (nSPS) is 54.0. The third-order valence-electron chi connectivity index (χ3n) is 19.2. The zero-order chi connectivity index (χ0) is 47.6. The minimum Gasteiger partial charge on any atom is -0.481 e. The molecule has 18 nitrogen and oxygen atoms in total. The largest absolute Gasteiger partial charge is 0.481 e. The number of carboxylic acid groups (broad SMARTS) is 1. The van der Waals surface area contributed by atoms with Crippen LogP contribution in [0, 0.1) is 50.2 Å². The van der Waals surface area contributed by atoms with Crippen LogP contribution in [-0.4, -0.2) is 180 Å². The summed E-state index contributed by atoms with van der Waals surface area (Å²) >= 11 is 0. The number of aliphatic hydroxyl groups is 10. The first-order chi connectivity index (χ1) is 30.3. The van der Waals surface area contributed by atoms with Gasteiger partial charge in [-0.2, -0.15) is 0 Å². The number of fused-ring (bicyclic) bond motifs is 7. The fraction of sp³-hybridized carbons (Fsp3) is 0.936. The molecule has 3 aliphatic heterocycles. The minimum absolute atomic E-state index is 0.106. The summed E-state index contributed by atoms with van der Waals surface area (Å²) in [5, 5.41) is 119. The second kappa shape index (κ2) is 17.5. The fourth-order valence-electron chi connectivity index (χ4n) is 14.8. The summed E-state index contributed by atoms with van der Waals surface area (Å²) in [7, 11) is 0. The Morgan fingerprint density at radius 3 is 1.94 bits per heavy atom. The van der Waals surface area contributed by atoms with Crippen molar-refractivity contribution >= 4 is 5.97 Å². The Morgan fingerprint density at radius 2 is 1.28 bits per heavy atom. The lowest BCUT2D eigenvalue weighted by Crippen LogP contribution is -2.68. The number of hydrogen-bond acceptors (Lipinski definition) is 17. The first-order valence-corrected chi connectivity index (χ1v) is 23.8. The molecule has 0 unspecified atom stereocenters. The number of carboxylic acids is 1. The standard InChI is InChI=1S/C47H76O18/c1-42(2)14-16-47(41(58)59)17-15-45(6)21(28(47)37(42)57)8-9-26-44(5)12-11-27(43(3,4)25(44)10-13-46(26,45)7)63-40-36(65-38-33(55)29(51)22(50)20-60-38)35(31(53)24(19-49)62-40)64-39-34(56)32(54)30(52)23(18-48)61-39/h8,22-40,48-57H,9-20H2,1-7H3,(H,58,59)/t22-,23-,24-,25+,26-,27+,28-,29+,30-,31-,32+,33-,34-,35+,36-,37+,38+,39+,40+,44+,45-,46-,47+/m1/s1. The van der Waals surface area contributed by atoms with Crippen molar-refractivity contribution in [1.29, 1.82) is 0 Å². The molecule has 372 valence electrons. The topological polar surface area (TPSA) is 295 Å². The van der Waals surface area contributed by atoms with E-state index in [4.69, 9.17) is 28.4 Å². The van der Waals surface area contributed by atoms with Gasteiger partial charge >= 0.3 is 5.97 Å². The summed E-state index contributed by atoms with van der Waals surface area (Å²) in [5.74, 6) is -0.967. The molecule has 0 spiro atoms. The Morgan fingerprint density at radius 1 is 0.662 bits per heavy atom. The zero-order valence-corrected chi connectivity index (χ0v) is 38.8. The Balaban J connectivity index is 1.09. The highest BCUT2D eigenvalue weighted by atomic mass is 16.8. The van der Waals surface area contributed by atoms with Crippen molar-refractivity contribution in [2.24, 2.45) is 50.2 Å². The molecule has 8 aliphatic rings. The Kier molecular flexibility index (Phi) is 13.4. The summed E-state index contributed by atoms with van der Waals surface area (Å²) in [6, 6.07) is 0. The number of carbonyl (C=O) groups is 1. The molecule has 0 radical (unpaired) electrons. The average molecular weight is 929 g/mol. The van der Waals surface area contributed by atoms with Gasteiger partial charge in [0.25, 0.3) is 0 Å². The number of hydrogen-bond donors (Lipinski definition) is 11. The fourth-order valence-corrected chi connectivity index (χ4v) is 14.8. The van der Waals surface area contributed by atoms with E-state index in [-0.39, 0.29) is 28.1 Å². The summed E-state index contributed by atoms with van der Waals surface area (Å²) in [5.41, 5.74) is -1.61. The van der Waals surface area contributed by atoms with E-state index in [1.807, 2.05) is 13.8 Å². The Hall–Kier alpha value is -1.43. The van der Waals surface area contributed by atoms with E-state index in [1.54, 1.807) is 0 Å². The lowest BCUT2D eigenvalue weighted by molar-refractivity contribution is -0.395. The lowest BCUT2D eigenvalue weighted by Gasteiger charge is -2.71. The highest BCUT2D eigenvalue weighted by molar-refractivity contribution is 5.77. The number of aliphatic hydroxyl groups excluding tert-OH is 10. The second-order valence-electron chi connectivity index (χ2n) is 23.0. The van der Waals surface area contributed by atoms with E-state index in [0.717, 1.165) is 37.7 Å². The zero-order valence-electron chi connectivity index (χ0n) is 38.8. The quantitative estimate of drug-likeness (QED) is 0.110. The molecule has 0 aromatic heterocycles.